The van der Waals surface area contributed by atoms with Gasteiger partial charge in [-0.15, -0.1) is 0 Å². The summed E-state index contributed by atoms with van der Waals surface area (Å²) in [6.07, 6.45) is 3.32. The zero-order chi connectivity index (χ0) is 12.1. The molecule has 0 amide bonds. The SMILES string of the molecule is C/C=C/C(=O)OC(C)N=C=O.OCCO. The molecule has 0 aromatic rings. The van der Waals surface area contributed by atoms with Crippen LogP contribution >= 0.6 is 0 Å². The van der Waals surface area contributed by atoms with Crippen LogP contribution in [0.5, 0.6) is 0 Å². The molecule has 0 rings (SSSR count). The number of carbonyl (C=O) groups is 1. The summed E-state index contributed by atoms with van der Waals surface area (Å²) in [4.78, 5) is 23.4. The Kier molecular flexibility index (Phi) is 13.3. The van der Waals surface area contributed by atoms with E-state index in [9.17, 15) is 9.59 Å². The number of rotatable bonds is 4. The molecule has 0 aromatic heterocycles. The first-order valence-corrected chi connectivity index (χ1v) is 4.24. The number of aliphatic hydroxyl groups excluding tert-OH is 2. The Hall–Kier alpha value is -1.49. The molecule has 0 fully saturated rings. The summed E-state index contributed by atoms with van der Waals surface area (Å²) in [6, 6.07) is 0. The molecule has 15 heavy (non-hydrogen) atoms. The van der Waals surface area contributed by atoms with E-state index in [2.05, 4.69) is 9.73 Å². The van der Waals surface area contributed by atoms with E-state index in [0.29, 0.717) is 0 Å². The van der Waals surface area contributed by atoms with Gasteiger partial charge in [-0.1, -0.05) is 6.08 Å². The summed E-state index contributed by atoms with van der Waals surface area (Å²) < 4.78 is 4.58. The molecule has 0 spiro atoms. The highest BCUT2D eigenvalue weighted by Gasteiger charge is 2.02. The van der Waals surface area contributed by atoms with Crippen molar-refractivity contribution in [2.24, 2.45) is 4.99 Å². The van der Waals surface area contributed by atoms with E-state index in [0.717, 1.165) is 0 Å². The highest BCUT2D eigenvalue weighted by atomic mass is 16.6. The maximum atomic E-state index is 10.6. The number of hydrogen-bond donors (Lipinski definition) is 2. The number of nitrogens with zero attached hydrogens (tertiary/aromatic N) is 1. The molecule has 1 atom stereocenters. The molecular weight excluding hydrogens is 202 g/mol. The summed E-state index contributed by atoms with van der Waals surface area (Å²) in [5.74, 6) is -0.515. The predicted molar refractivity (Wildman–Crippen MR) is 52.7 cm³/mol. The van der Waals surface area contributed by atoms with Gasteiger partial charge in [0.05, 0.1) is 13.2 Å². The lowest BCUT2D eigenvalue weighted by atomic mass is 10.5. The first kappa shape index (κ1) is 16.0. The maximum absolute atomic E-state index is 10.6. The van der Waals surface area contributed by atoms with Crippen LogP contribution in [0.25, 0.3) is 0 Å². The van der Waals surface area contributed by atoms with Crippen LogP contribution in [-0.2, 0) is 14.3 Å². The van der Waals surface area contributed by atoms with Gasteiger partial charge in [0.2, 0.25) is 12.3 Å². The summed E-state index contributed by atoms with van der Waals surface area (Å²) in [7, 11) is 0. The standard InChI is InChI=1S/C7H9NO3.C2H6O2/c1-3-4-7(10)11-6(2)8-5-9;3-1-2-4/h3-4,6H,1-2H3;3-4H,1-2H2/b4-3+;. The van der Waals surface area contributed by atoms with Crippen LogP contribution in [0.15, 0.2) is 17.1 Å². The molecule has 0 aliphatic heterocycles. The molecule has 86 valence electrons. The van der Waals surface area contributed by atoms with Crippen molar-refractivity contribution in [2.75, 3.05) is 13.2 Å². The lowest BCUT2D eigenvalue weighted by Crippen LogP contribution is -2.09. The Morgan fingerprint density at radius 2 is 2.07 bits per heavy atom. The van der Waals surface area contributed by atoms with Gasteiger partial charge in [-0.05, 0) is 13.8 Å². The van der Waals surface area contributed by atoms with E-state index in [1.165, 1.54) is 19.1 Å². The largest absolute Gasteiger partial charge is 0.436 e. The minimum Gasteiger partial charge on any atom is -0.436 e. The maximum Gasteiger partial charge on any atom is 0.332 e. The molecule has 0 bridgehead atoms. The van der Waals surface area contributed by atoms with Crippen molar-refractivity contribution in [1.82, 2.24) is 0 Å². The van der Waals surface area contributed by atoms with Crippen molar-refractivity contribution < 1.29 is 24.5 Å². The topological polar surface area (TPSA) is 96.2 Å². The normalized spacial score (nSPS) is 10.9. The molecule has 0 aliphatic rings. The molecule has 6 nitrogen and oxygen atoms in total. The summed E-state index contributed by atoms with van der Waals surface area (Å²) in [5.41, 5.74) is 0. The number of aliphatic imine (C=N–C) groups is 1. The van der Waals surface area contributed by atoms with E-state index >= 15 is 0 Å². The Morgan fingerprint density at radius 3 is 2.40 bits per heavy atom. The van der Waals surface area contributed by atoms with Gasteiger partial charge in [0.1, 0.15) is 0 Å². The molecule has 0 saturated heterocycles. The third-order valence-electron chi connectivity index (χ3n) is 0.924. The second-order valence-corrected chi connectivity index (χ2v) is 2.20. The third kappa shape index (κ3) is 15.3. The van der Waals surface area contributed by atoms with Gasteiger partial charge >= 0.3 is 5.97 Å². The van der Waals surface area contributed by atoms with Crippen LogP contribution in [0.1, 0.15) is 13.8 Å². The molecule has 0 aliphatic carbocycles. The number of carbonyl (C=O) groups excluding carboxylic acids is 2. The van der Waals surface area contributed by atoms with Crippen molar-refractivity contribution in [1.29, 1.82) is 0 Å². The molecule has 6 heteroatoms. The van der Waals surface area contributed by atoms with Crippen LogP contribution in [0.3, 0.4) is 0 Å². The summed E-state index contributed by atoms with van der Waals surface area (Å²) in [6.45, 7) is 2.92. The lowest BCUT2D eigenvalue weighted by Gasteiger charge is -2.02. The van der Waals surface area contributed by atoms with Crippen LogP contribution in [-0.4, -0.2) is 41.7 Å². The monoisotopic (exact) mass is 217 g/mol. The number of hydrogen-bond acceptors (Lipinski definition) is 6. The molecule has 0 heterocycles. The smallest absolute Gasteiger partial charge is 0.332 e. The molecular formula is C9H15NO5. The van der Waals surface area contributed by atoms with Gasteiger partial charge in [0.15, 0.2) is 0 Å². The molecule has 0 saturated carbocycles. The minimum atomic E-state index is -0.754. The second-order valence-electron chi connectivity index (χ2n) is 2.20. The van der Waals surface area contributed by atoms with Crippen LogP contribution < -0.4 is 0 Å². The molecule has 0 aromatic carbocycles. The first-order valence-electron chi connectivity index (χ1n) is 4.24. The fraction of sp³-hybridized carbons (Fsp3) is 0.556. The molecule has 0 radical (unpaired) electrons. The van der Waals surface area contributed by atoms with E-state index < -0.39 is 12.2 Å². The molecule has 1 unspecified atom stereocenters. The van der Waals surface area contributed by atoms with Crippen molar-refractivity contribution in [2.45, 2.75) is 20.1 Å². The van der Waals surface area contributed by atoms with Crippen LogP contribution in [0.2, 0.25) is 0 Å². The van der Waals surface area contributed by atoms with Crippen molar-refractivity contribution >= 4 is 12.0 Å². The number of allylic oxidation sites excluding steroid dienone is 1. The van der Waals surface area contributed by atoms with Crippen LogP contribution in [0.4, 0.5) is 0 Å². The second kappa shape index (κ2) is 12.5. The van der Waals surface area contributed by atoms with Crippen LogP contribution in [0, 0.1) is 0 Å². The van der Waals surface area contributed by atoms with Gasteiger partial charge in [-0.3, -0.25) is 0 Å². The van der Waals surface area contributed by atoms with E-state index in [4.69, 9.17) is 10.2 Å². The zero-order valence-electron chi connectivity index (χ0n) is 8.71. The predicted octanol–water partition coefficient (Wildman–Crippen LogP) is -0.241. The third-order valence-corrected chi connectivity index (χ3v) is 0.924. The van der Waals surface area contributed by atoms with E-state index in [1.807, 2.05) is 0 Å². The quantitative estimate of drug-likeness (QED) is 0.293. The number of isocyanates is 1. The van der Waals surface area contributed by atoms with Gasteiger partial charge in [-0.25, -0.2) is 9.59 Å². The van der Waals surface area contributed by atoms with Gasteiger partial charge in [0, 0.05) is 6.08 Å². The van der Waals surface area contributed by atoms with Crippen molar-refractivity contribution in [3.05, 3.63) is 12.2 Å². The van der Waals surface area contributed by atoms with Gasteiger partial charge in [-0.2, -0.15) is 4.99 Å². The number of esters is 1. The Bertz CT molecular complexity index is 231. The Labute approximate surface area is 87.9 Å². The number of ether oxygens (including phenoxy) is 1. The highest BCUT2D eigenvalue weighted by Crippen LogP contribution is 1.92. The average molecular weight is 217 g/mol. The number of aliphatic hydroxyl groups is 2. The Morgan fingerprint density at radius 1 is 1.53 bits per heavy atom. The first-order chi connectivity index (χ1) is 7.12. The van der Waals surface area contributed by atoms with E-state index in [-0.39, 0.29) is 13.2 Å². The Balaban J connectivity index is 0. The van der Waals surface area contributed by atoms with Gasteiger partial charge in [0.25, 0.3) is 0 Å². The van der Waals surface area contributed by atoms with E-state index in [1.54, 1.807) is 13.0 Å². The van der Waals surface area contributed by atoms with Crippen molar-refractivity contribution in [3.8, 4) is 0 Å². The zero-order valence-corrected chi connectivity index (χ0v) is 8.71. The van der Waals surface area contributed by atoms with Gasteiger partial charge < -0.3 is 14.9 Å². The lowest BCUT2D eigenvalue weighted by molar-refractivity contribution is -0.141. The average Bonchev–Trinajstić information content (AvgIpc) is 2.18. The molecule has 2 N–H and O–H groups in total. The summed E-state index contributed by atoms with van der Waals surface area (Å²) in [5, 5.41) is 15.2. The highest BCUT2D eigenvalue weighted by molar-refractivity contribution is 5.81. The fourth-order valence-corrected chi connectivity index (χ4v) is 0.444. The van der Waals surface area contributed by atoms with Crippen molar-refractivity contribution in [3.63, 3.8) is 0 Å². The fourth-order valence-electron chi connectivity index (χ4n) is 0.444. The summed E-state index contributed by atoms with van der Waals surface area (Å²) >= 11 is 0. The minimum absolute atomic E-state index is 0.125.